The van der Waals surface area contributed by atoms with Crippen molar-refractivity contribution in [1.82, 2.24) is 14.9 Å². The highest BCUT2D eigenvalue weighted by molar-refractivity contribution is 5.79. The molecule has 9 nitrogen and oxygen atoms in total. The van der Waals surface area contributed by atoms with Crippen LogP contribution in [0.1, 0.15) is 5.56 Å². The zero-order valence-corrected chi connectivity index (χ0v) is 16.8. The molecule has 0 N–H and O–H groups in total. The van der Waals surface area contributed by atoms with Gasteiger partial charge in [0.2, 0.25) is 18.6 Å². The van der Waals surface area contributed by atoms with E-state index in [-0.39, 0.29) is 12.7 Å². The number of hydrogen-bond acceptors (Lipinski definition) is 8. The molecule has 1 amide bonds. The van der Waals surface area contributed by atoms with Gasteiger partial charge in [0.15, 0.2) is 11.5 Å². The van der Waals surface area contributed by atoms with E-state index in [0.717, 1.165) is 49.3 Å². The van der Waals surface area contributed by atoms with Gasteiger partial charge in [0, 0.05) is 45.5 Å². The minimum Gasteiger partial charge on any atom is -0.454 e. The van der Waals surface area contributed by atoms with Crippen LogP contribution >= 0.6 is 0 Å². The number of carbonyl (C=O) groups excluding carboxylic acids is 1. The summed E-state index contributed by atoms with van der Waals surface area (Å²) in [6.07, 6.45) is 2.18. The maximum absolute atomic E-state index is 12.8. The Morgan fingerprint density at radius 1 is 0.933 bits per heavy atom. The molecule has 2 fully saturated rings. The van der Waals surface area contributed by atoms with E-state index < -0.39 is 0 Å². The predicted molar refractivity (Wildman–Crippen MR) is 110 cm³/mol. The Balaban J connectivity index is 1.17. The summed E-state index contributed by atoms with van der Waals surface area (Å²) in [5.74, 6) is 3.24. The first kappa shape index (κ1) is 18.9. The van der Waals surface area contributed by atoms with Crippen LogP contribution in [0.3, 0.4) is 0 Å². The number of nitrogens with zero attached hydrogens (tertiary/aromatic N) is 5. The first-order valence-electron chi connectivity index (χ1n) is 10.3. The SMILES string of the molecule is O=C(Cc1ccc2c(c1)OCO2)N1CCN(c2ccnc(N3CCOCC3)n2)CC1. The summed E-state index contributed by atoms with van der Waals surface area (Å²) in [5.41, 5.74) is 0.942. The number of rotatable bonds is 4. The Hall–Kier alpha value is -3.07. The summed E-state index contributed by atoms with van der Waals surface area (Å²) < 4.78 is 16.1. The van der Waals surface area contributed by atoms with E-state index in [2.05, 4.69) is 14.8 Å². The fraction of sp³-hybridized carbons (Fsp3) is 0.476. The van der Waals surface area contributed by atoms with Crippen LogP contribution in [0.15, 0.2) is 30.5 Å². The largest absolute Gasteiger partial charge is 0.454 e. The predicted octanol–water partition coefficient (Wildman–Crippen LogP) is 0.933. The first-order valence-corrected chi connectivity index (χ1v) is 10.3. The molecule has 0 spiro atoms. The van der Waals surface area contributed by atoms with E-state index in [1.165, 1.54) is 0 Å². The van der Waals surface area contributed by atoms with E-state index in [1.807, 2.05) is 35.4 Å². The zero-order chi connectivity index (χ0) is 20.3. The van der Waals surface area contributed by atoms with Crippen LogP contribution in [-0.2, 0) is 16.0 Å². The van der Waals surface area contributed by atoms with Crippen molar-refractivity contribution in [2.75, 3.05) is 69.1 Å². The molecule has 1 aromatic carbocycles. The summed E-state index contributed by atoms with van der Waals surface area (Å²) in [5, 5.41) is 0. The molecule has 0 atom stereocenters. The average molecular weight is 411 g/mol. The number of anilines is 2. The Kier molecular flexibility index (Phi) is 5.27. The number of morpholine rings is 1. The van der Waals surface area contributed by atoms with Gasteiger partial charge in [0.25, 0.3) is 0 Å². The zero-order valence-electron chi connectivity index (χ0n) is 16.8. The molecule has 158 valence electrons. The van der Waals surface area contributed by atoms with E-state index in [0.29, 0.717) is 38.5 Å². The summed E-state index contributed by atoms with van der Waals surface area (Å²) in [6, 6.07) is 7.62. The molecule has 3 aliphatic heterocycles. The van der Waals surface area contributed by atoms with Gasteiger partial charge in [-0.25, -0.2) is 4.98 Å². The van der Waals surface area contributed by atoms with Crippen LogP contribution in [0.2, 0.25) is 0 Å². The molecule has 9 heteroatoms. The van der Waals surface area contributed by atoms with E-state index >= 15 is 0 Å². The summed E-state index contributed by atoms with van der Waals surface area (Å²) in [6.45, 7) is 6.15. The van der Waals surface area contributed by atoms with Crippen molar-refractivity contribution in [3.05, 3.63) is 36.0 Å². The van der Waals surface area contributed by atoms with Crippen molar-refractivity contribution in [3.8, 4) is 11.5 Å². The monoisotopic (exact) mass is 411 g/mol. The maximum Gasteiger partial charge on any atom is 0.231 e. The lowest BCUT2D eigenvalue weighted by molar-refractivity contribution is -0.130. The van der Waals surface area contributed by atoms with Gasteiger partial charge in [0.05, 0.1) is 19.6 Å². The molecule has 30 heavy (non-hydrogen) atoms. The second-order valence-electron chi connectivity index (χ2n) is 7.55. The lowest BCUT2D eigenvalue weighted by Gasteiger charge is -2.36. The fourth-order valence-corrected chi connectivity index (χ4v) is 3.95. The molecule has 2 aromatic rings. The van der Waals surface area contributed by atoms with Gasteiger partial charge < -0.3 is 28.9 Å². The van der Waals surface area contributed by atoms with E-state index in [9.17, 15) is 4.79 Å². The summed E-state index contributed by atoms with van der Waals surface area (Å²) in [7, 11) is 0. The molecular formula is C21H25N5O4. The molecule has 2 saturated heterocycles. The van der Waals surface area contributed by atoms with Crippen molar-refractivity contribution in [2.45, 2.75) is 6.42 Å². The molecule has 1 aromatic heterocycles. The second kappa shape index (κ2) is 8.35. The van der Waals surface area contributed by atoms with Crippen LogP contribution in [0, 0.1) is 0 Å². The van der Waals surface area contributed by atoms with Gasteiger partial charge in [-0.3, -0.25) is 4.79 Å². The highest BCUT2D eigenvalue weighted by Gasteiger charge is 2.24. The van der Waals surface area contributed by atoms with Crippen LogP contribution in [0.25, 0.3) is 0 Å². The van der Waals surface area contributed by atoms with Crippen molar-refractivity contribution in [3.63, 3.8) is 0 Å². The highest BCUT2D eigenvalue weighted by Crippen LogP contribution is 2.32. The normalized spacial score (nSPS) is 18.6. The molecule has 0 bridgehead atoms. The maximum atomic E-state index is 12.8. The van der Waals surface area contributed by atoms with Gasteiger partial charge in [-0.15, -0.1) is 0 Å². The van der Waals surface area contributed by atoms with Crippen LogP contribution in [0.5, 0.6) is 11.5 Å². The molecule has 5 rings (SSSR count). The van der Waals surface area contributed by atoms with E-state index in [1.54, 1.807) is 0 Å². The number of benzene rings is 1. The molecule has 0 aliphatic carbocycles. The van der Waals surface area contributed by atoms with Gasteiger partial charge in [-0.1, -0.05) is 6.07 Å². The minimum atomic E-state index is 0.130. The van der Waals surface area contributed by atoms with Crippen molar-refractivity contribution in [2.24, 2.45) is 0 Å². The number of amides is 1. The third-order valence-electron chi connectivity index (χ3n) is 5.67. The highest BCUT2D eigenvalue weighted by atomic mass is 16.7. The Morgan fingerprint density at radius 2 is 1.73 bits per heavy atom. The number of aromatic nitrogens is 2. The molecule has 0 unspecified atom stereocenters. The first-order chi connectivity index (χ1) is 14.8. The Bertz CT molecular complexity index is 910. The quantitative estimate of drug-likeness (QED) is 0.735. The number of carbonyl (C=O) groups is 1. The number of hydrogen-bond donors (Lipinski definition) is 0. The molecule has 0 saturated carbocycles. The van der Waals surface area contributed by atoms with Crippen molar-refractivity contribution in [1.29, 1.82) is 0 Å². The molecule has 3 aliphatic rings. The van der Waals surface area contributed by atoms with Crippen LogP contribution < -0.4 is 19.3 Å². The van der Waals surface area contributed by atoms with Crippen LogP contribution in [0.4, 0.5) is 11.8 Å². The number of ether oxygens (including phenoxy) is 3. The minimum absolute atomic E-state index is 0.130. The van der Waals surface area contributed by atoms with Gasteiger partial charge in [0.1, 0.15) is 5.82 Å². The van der Waals surface area contributed by atoms with Crippen molar-refractivity contribution < 1.29 is 19.0 Å². The second-order valence-corrected chi connectivity index (χ2v) is 7.55. The standard InChI is InChI=1S/C21H25N5O4/c27-20(14-16-1-2-17-18(13-16)30-15-29-17)25-7-5-24(6-8-25)19-3-4-22-21(23-19)26-9-11-28-12-10-26/h1-4,13H,5-12,14-15H2. The summed E-state index contributed by atoms with van der Waals surface area (Å²) >= 11 is 0. The lowest BCUT2D eigenvalue weighted by atomic mass is 10.1. The lowest BCUT2D eigenvalue weighted by Crippen LogP contribution is -2.49. The van der Waals surface area contributed by atoms with Gasteiger partial charge in [-0.2, -0.15) is 4.98 Å². The third-order valence-corrected chi connectivity index (χ3v) is 5.67. The molecule has 4 heterocycles. The number of piperazine rings is 1. The molecule has 0 radical (unpaired) electrons. The van der Waals surface area contributed by atoms with E-state index in [4.69, 9.17) is 19.2 Å². The third kappa shape index (κ3) is 3.97. The van der Waals surface area contributed by atoms with Crippen LogP contribution in [-0.4, -0.2) is 80.1 Å². The Morgan fingerprint density at radius 3 is 2.57 bits per heavy atom. The van der Waals surface area contributed by atoms with Gasteiger partial charge >= 0.3 is 0 Å². The van der Waals surface area contributed by atoms with Gasteiger partial charge in [-0.05, 0) is 23.8 Å². The fourth-order valence-electron chi connectivity index (χ4n) is 3.95. The molecular weight excluding hydrogens is 386 g/mol. The summed E-state index contributed by atoms with van der Waals surface area (Å²) in [4.78, 5) is 28.2. The van der Waals surface area contributed by atoms with Crippen molar-refractivity contribution >= 4 is 17.7 Å². The topological polar surface area (TPSA) is 80.3 Å². The Labute approximate surface area is 175 Å². The smallest absolute Gasteiger partial charge is 0.231 e. The number of fused-ring (bicyclic) bond motifs is 1. The average Bonchev–Trinajstić information content (AvgIpc) is 3.28.